The van der Waals surface area contributed by atoms with Crippen molar-refractivity contribution in [1.29, 1.82) is 0 Å². The van der Waals surface area contributed by atoms with Crippen molar-refractivity contribution >= 4 is 50.1 Å². The van der Waals surface area contributed by atoms with Crippen LogP contribution in [0.25, 0.3) is 23.0 Å². The third kappa shape index (κ3) is 4.65. The average Bonchev–Trinajstić information content (AvgIpc) is 3.49. The van der Waals surface area contributed by atoms with E-state index in [0.29, 0.717) is 21.3 Å². The molecule has 3 heterocycles. The van der Waals surface area contributed by atoms with Crippen molar-refractivity contribution in [2.24, 2.45) is 0 Å². The van der Waals surface area contributed by atoms with Crippen LogP contribution >= 0.6 is 24.0 Å². The zero-order valence-corrected chi connectivity index (χ0v) is 21.6. The minimum absolute atomic E-state index is 0.0466. The molecule has 2 aliphatic heterocycles. The van der Waals surface area contributed by atoms with Crippen LogP contribution in [-0.4, -0.2) is 58.0 Å². The summed E-state index contributed by atoms with van der Waals surface area (Å²) in [6.07, 6.45) is 4.09. The van der Waals surface area contributed by atoms with Gasteiger partial charge < -0.3 is 4.74 Å². The van der Waals surface area contributed by atoms with Gasteiger partial charge in [-0.25, -0.2) is 13.1 Å². The fourth-order valence-electron chi connectivity index (χ4n) is 4.37. The van der Waals surface area contributed by atoms with Gasteiger partial charge in [0.05, 0.1) is 35.2 Å². The van der Waals surface area contributed by atoms with Gasteiger partial charge in [0, 0.05) is 17.3 Å². The van der Waals surface area contributed by atoms with Crippen molar-refractivity contribution in [3.63, 3.8) is 0 Å². The molecule has 0 spiro atoms. The molecule has 180 valence electrons. The van der Waals surface area contributed by atoms with Gasteiger partial charge in [-0.05, 0) is 55.3 Å². The molecule has 0 bridgehead atoms. The standard InChI is InChI=1S/C25H23N3O4S3/c1-16-12-17(8-9-21(16)32-2)23-18(14-27(26-23)19-6-4-3-5-7-19)13-22-24(29)28(25(33)34-22)20-10-11-35(30,31)15-20/h3-9,12-14,20H,10-11,15H2,1-2H3. The Morgan fingerprint density at radius 1 is 1.20 bits per heavy atom. The molecule has 0 aliphatic carbocycles. The van der Waals surface area contributed by atoms with Crippen LogP contribution in [0.5, 0.6) is 5.75 Å². The zero-order chi connectivity index (χ0) is 24.7. The summed E-state index contributed by atoms with van der Waals surface area (Å²) in [7, 11) is -1.51. The van der Waals surface area contributed by atoms with Gasteiger partial charge in [0.1, 0.15) is 15.8 Å². The lowest BCUT2D eigenvalue weighted by Gasteiger charge is -2.20. The summed E-state index contributed by atoms with van der Waals surface area (Å²) in [5, 5.41) is 4.83. The molecule has 0 radical (unpaired) electrons. The number of ether oxygens (including phenoxy) is 1. The number of thiocarbonyl (C=S) groups is 1. The molecule has 3 aromatic rings. The lowest BCUT2D eigenvalue weighted by atomic mass is 10.0. The summed E-state index contributed by atoms with van der Waals surface area (Å²) in [5.41, 5.74) is 4.23. The minimum atomic E-state index is -3.14. The number of carbonyl (C=O) groups is 1. The third-order valence-electron chi connectivity index (χ3n) is 6.12. The summed E-state index contributed by atoms with van der Waals surface area (Å²) >= 11 is 6.67. The number of amides is 1. The molecule has 1 aromatic heterocycles. The summed E-state index contributed by atoms with van der Waals surface area (Å²) in [5.74, 6) is 0.560. The zero-order valence-electron chi connectivity index (χ0n) is 19.2. The number of thioether (sulfide) groups is 1. The van der Waals surface area contributed by atoms with Gasteiger partial charge in [-0.2, -0.15) is 5.10 Å². The molecule has 2 fully saturated rings. The van der Waals surface area contributed by atoms with E-state index in [-0.39, 0.29) is 17.4 Å². The molecular weight excluding hydrogens is 502 g/mol. The van der Waals surface area contributed by atoms with Gasteiger partial charge >= 0.3 is 0 Å². The van der Waals surface area contributed by atoms with E-state index in [1.165, 1.54) is 16.7 Å². The van der Waals surface area contributed by atoms with Crippen LogP contribution in [0.1, 0.15) is 17.5 Å². The average molecular weight is 526 g/mol. The maximum Gasteiger partial charge on any atom is 0.266 e. The van der Waals surface area contributed by atoms with Crippen molar-refractivity contribution in [2.45, 2.75) is 19.4 Å². The minimum Gasteiger partial charge on any atom is -0.496 e. The molecule has 1 atom stereocenters. The van der Waals surface area contributed by atoms with Crippen molar-refractivity contribution in [3.8, 4) is 22.7 Å². The van der Waals surface area contributed by atoms with Crippen LogP contribution in [0.3, 0.4) is 0 Å². The largest absolute Gasteiger partial charge is 0.496 e. The second-order valence-electron chi connectivity index (χ2n) is 8.51. The molecule has 2 saturated heterocycles. The number of nitrogens with zero attached hydrogens (tertiary/aromatic N) is 3. The number of hydrogen-bond acceptors (Lipinski definition) is 7. The Hall–Kier alpha value is -2.95. The van der Waals surface area contributed by atoms with Gasteiger partial charge in [0.2, 0.25) is 0 Å². The fourth-order valence-corrected chi connectivity index (χ4v) is 7.46. The molecule has 35 heavy (non-hydrogen) atoms. The van der Waals surface area contributed by atoms with E-state index in [1.807, 2.05) is 61.7 Å². The van der Waals surface area contributed by atoms with Crippen LogP contribution in [0.4, 0.5) is 0 Å². The van der Waals surface area contributed by atoms with Crippen molar-refractivity contribution in [3.05, 3.63) is 70.8 Å². The second kappa shape index (κ2) is 9.25. The number of sulfone groups is 1. The van der Waals surface area contributed by atoms with Gasteiger partial charge in [0.15, 0.2) is 9.84 Å². The predicted octanol–water partition coefficient (Wildman–Crippen LogP) is 4.24. The number of para-hydroxylation sites is 1. The number of methoxy groups -OCH3 is 1. The van der Waals surface area contributed by atoms with Crippen LogP contribution in [0.15, 0.2) is 59.6 Å². The first-order chi connectivity index (χ1) is 16.8. The monoisotopic (exact) mass is 525 g/mol. The van der Waals surface area contributed by atoms with E-state index in [4.69, 9.17) is 22.1 Å². The summed E-state index contributed by atoms with van der Waals surface area (Å²) in [6, 6.07) is 15.2. The Balaban J connectivity index is 1.56. The van der Waals surface area contributed by atoms with E-state index >= 15 is 0 Å². The highest BCUT2D eigenvalue weighted by Gasteiger charge is 2.42. The van der Waals surface area contributed by atoms with Crippen LogP contribution in [0.2, 0.25) is 0 Å². The number of rotatable bonds is 5. The molecule has 1 amide bonds. The molecule has 2 aliphatic rings. The van der Waals surface area contributed by atoms with Crippen LogP contribution in [-0.2, 0) is 14.6 Å². The SMILES string of the molecule is COc1ccc(-c2nn(-c3ccccc3)cc2C=C2SC(=S)N(C3CCS(=O)(=O)C3)C2=O)cc1C. The number of carbonyl (C=O) groups excluding carboxylic acids is 1. The maximum atomic E-state index is 13.3. The lowest BCUT2D eigenvalue weighted by molar-refractivity contribution is -0.123. The first-order valence-electron chi connectivity index (χ1n) is 11.0. The van der Waals surface area contributed by atoms with E-state index in [9.17, 15) is 13.2 Å². The van der Waals surface area contributed by atoms with E-state index in [0.717, 1.165) is 28.1 Å². The highest BCUT2D eigenvalue weighted by Crippen LogP contribution is 2.38. The summed E-state index contributed by atoms with van der Waals surface area (Å²) < 4.78 is 31.5. The molecule has 5 rings (SSSR count). The Bertz CT molecular complexity index is 1460. The van der Waals surface area contributed by atoms with E-state index < -0.39 is 15.9 Å². The maximum absolute atomic E-state index is 13.3. The van der Waals surface area contributed by atoms with Crippen molar-refractivity contribution in [1.82, 2.24) is 14.7 Å². The van der Waals surface area contributed by atoms with Crippen molar-refractivity contribution in [2.75, 3.05) is 18.6 Å². The van der Waals surface area contributed by atoms with Gasteiger partial charge in [-0.3, -0.25) is 9.69 Å². The van der Waals surface area contributed by atoms with Crippen molar-refractivity contribution < 1.29 is 17.9 Å². The highest BCUT2D eigenvalue weighted by molar-refractivity contribution is 8.26. The normalized spacial score (nSPS) is 20.7. The quantitative estimate of drug-likeness (QED) is 0.364. The number of aromatic nitrogens is 2. The first kappa shape index (κ1) is 23.8. The van der Waals surface area contributed by atoms with Gasteiger partial charge in [0.25, 0.3) is 5.91 Å². The summed E-state index contributed by atoms with van der Waals surface area (Å²) in [4.78, 5) is 15.2. The number of benzene rings is 2. The first-order valence-corrected chi connectivity index (χ1v) is 14.1. The molecule has 10 heteroatoms. The number of hydrogen-bond donors (Lipinski definition) is 0. The Morgan fingerprint density at radius 2 is 1.97 bits per heavy atom. The Labute approximate surface area is 213 Å². The van der Waals surface area contributed by atoms with E-state index in [2.05, 4.69) is 0 Å². The summed E-state index contributed by atoms with van der Waals surface area (Å²) in [6.45, 7) is 1.97. The molecule has 0 saturated carbocycles. The Kier molecular flexibility index (Phi) is 6.29. The highest BCUT2D eigenvalue weighted by atomic mass is 32.2. The lowest BCUT2D eigenvalue weighted by Crippen LogP contribution is -2.39. The smallest absolute Gasteiger partial charge is 0.266 e. The second-order valence-corrected chi connectivity index (χ2v) is 12.4. The predicted molar refractivity (Wildman–Crippen MR) is 142 cm³/mol. The van der Waals surface area contributed by atoms with E-state index in [1.54, 1.807) is 17.9 Å². The number of aryl methyl sites for hydroxylation is 1. The van der Waals surface area contributed by atoms with Gasteiger partial charge in [-0.1, -0.05) is 42.2 Å². The molecule has 0 N–H and O–H groups in total. The van der Waals surface area contributed by atoms with Crippen LogP contribution < -0.4 is 4.74 Å². The molecule has 7 nitrogen and oxygen atoms in total. The topological polar surface area (TPSA) is 81.5 Å². The van der Waals surface area contributed by atoms with Gasteiger partial charge in [-0.15, -0.1) is 0 Å². The fraction of sp³-hybridized carbons (Fsp3) is 0.240. The van der Waals surface area contributed by atoms with Crippen LogP contribution in [0, 0.1) is 6.92 Å². The molecular formula is C25H23N3O4S3. The molecule has 2 aromatic carbocycles. The third-order valence-corrected chi connectivity index (χ3v) is 9.20. The molecule has 1 unspecified atom stereocenters. The Morgan fingerprint density at radius 3 is 2.63 bits per heavy atom.